The van der Waals surface area contributed by atoms with Crippen molar-refractivity contribution >= 4 is 19.0 Å². The summed E-state index contributed by atoms with van der Waals surface area (Å²) in [5.41, 5.74) is 5.67. The second-order valence-electron chi connectivity index (χ2n) is 1.54. The average molecular weight is 176 g/mol. The first-order valence-corrected chi connectivity index (χ1v) is 5.56. The van der Waals surface area contributed by atoms with Gasteiger partial charge >= 0.3 is 8.80 Å². The molecule has 0 aromatic rings. The zero-order valence-electron chi connectivity index (χ0n) is 6.72. The van der Waals surface area contributed by atoms with Gasteiger partial charge in [0.1, 0.15) is 0 Å². The maximum atomic E-state index is 5.02. The highest BCUT2D eigenvalue weighted by Gasteiger charge is 2.35. The zero-order chi connectivity index (χ0) is 8.04. The maximum absolute atomic E-state index is 5.02. The molecule has 0 fully saturated rings. The summed E-state index contributed by atoms with van der Waals surface area (Å²) >= 11 is 0. The fraction of sp³-hybridized carbons (Fsp3) is 0.600. The summed E-state index contributed by atoms with van der Waals surface area (Å²) in [6.07, 6.45) is 0. The Hall–Kier alpha value is -0.126. The van der Waals surface area contributed by atoms with Crippen molar-refractivity contribution in [1.82, 2.24) is 0 Å². The Bertz CT molecular complexity index is 136. The predicted octanol–water partition coefficient (Wildman–Crippen LogP) is -1.27. The van der Waals surface area contributed by atoms with Gasteiger partial charge in [0.05, 0.1) is 10.2 Å². The molecule has 10 heavy (non-hydrogen) atoms. The molecule has 58 valence electrons. The quantitative estimate of drug-likeness (QED) is 0.396. The third-order valence-electron chi connectivity index (χ3n) is 1.08. The highest BCUT2D eigenvalue weighted by molar-refractivity contribution is 6.70. The summed E-state index contributed by atoms with van der Waals surface area (Å²) < 4.78 is 15.1. The molecule has 0 saturated carbocycles. The number of hydrogen-bond donors (Lipinski definition) is 0. The van der Waals surface area contributed by atoms with Crippen molar-refractivity contribution in [2.75, 3.05) is 21.3 Å². The van der Waals surface area contributed by atoms with E-state index in [9.17, 15) is 0 Å². The van der Waals surface area contributed by atoms with Gasteiger partial charge in [-0.05, 0) is 5.54 Å². The monoisotopic (exact) mass is 176 g/mol. The van der Waals surface area contributed by atoms with Crippen LogP contribution >= 0.6 is 0 Å². The standard InChI is InChI=1S/C5H12O3Si2/c1-6-10(7-2,8-3)5-4-9/h1-3,9H3. The molecule has 3 nitrogen and oxygen atoms in total. The molecule has 0 N–H and O–H groups in total. The van der Waals surface area contributed by atoms with Crippen LogP contribution in [0.5, 0.6) is 0 Å². The summed E-state index contributed by atoms with van der Waals surface area (Å²) in [4.78, 5) is 0. The molecule has 0 aliphatic heterocycles. The van der Waals surface area contributed by atoms with Crippen LogP contribution in [0.4, 0.5) is 0 Å². The molecule has 0 radical (unpaired) electrons. The SMILES string of the molecule is CO[Si](C#C[SiH3])(OC)OC. The first kappa shape index (κ1) is 9.87. The molecule has 0 spiro atoms. The zero-order valence-corrected chi connectivity index (χ0v) is 9.72. The third kappa shape index (κ3) is 2.24. The molecule has 0 aromatic carbocycles. The van der Waals surface area contributed by atoms with Crippen molar-refractivity contribution in [1.29, 1.82) is 0 Å². The largest absolute Gasteiger partial charge is 0.590 e. The number of rotatable bonds is 3. The Labute approximate surface area is 65.5 Å². The second kappa shape index (κ2) is 4.65. The van der Waals surface area contributed by atoms with Crippen LogP contribution < -0.4 is 0 Å². The summed E-state index contributed by atoms with van der Waals surface area (Å²) in [6.45, 7) is 0. The van der Waals surface area contributed by atoms with Crippen molar-refractivity contribution in [3.63, 3.8) is 0 Å². The van der Waals surface area contributed by atoms with Gasteiger partial charge in [0.15, 0.2) is 0 Å². The van der Waals surface area contributed by atoms with Gasteiger partial charge in [-0.1, -0.05) is 0 Å². The smallest absolute Gasteiger partial charge is 0.367 e. The van der Waals surface area contributed by atoms with Gasteiger partial charge in [-0.15, -0.1) is 5.54 Å². The maximum Gasteiger partial charge on any atom is 0.590 e. The van der Waals surface area contributed by atoms with Crippen LogP contribution in [0.25, 0.3) is 0 Å². The van der Waals surface area contributed by atoms with Crippen LogP contribution in [0.15, 0.2) is 0 Å². The fourth-order valence-electron chi connectivity index (χ4n) is 0.556. The van der Waals surface area contributed by atoms with E-state index in [1.54, 1.807) is 21.3 Å². The Morgan fingerprint density at radius 1 is 1.10 bits per heavy atom. The van der Waals surface area contributed by atoms with Crippen LogP contribution in [0.1, 0.15) is 0 Å². The van der Waals surface area contributed by atoms with Gasteiger partial charge in [0, 0.05) is 21.3 Å². The molecule has 0 heterocycles. The van der Waals surface area contributed by atoms with Gasteiger partial charge < -0.3 is 13.3 Å². The van der Waals surface area contributed by atoms with Gasteiger partial charge in [0.25, 0.3) is 0 Å². The van der Waals surface area contributed by atoms with E-state index in [0.29, 0.717) is 0 Å². The van der Waals surface area contributed by atoms with E-state index in [1.165, 1.54) is 0 Å². The van der Waals surface area contributed by atoms with Gasteiger partial charge in [0.2, 0.25) is 0 Å². The van der Waals surface area contributed by atoms with Gasteiger partial charge in [-0.3, -0.25) is 0 Å². The highest BCUT2D eigenvalue weighted by Crippen LogP contribution is 2.02. The topological polar surface area (TPSA) is 27.7 Å². The van der Waals surface area contributed by atoms with Crippen LogP contribution in [0.2, 0.25) is 0 Å². The Kier molecular flexibility index (Phi) is 4.59. The molecule has 0 aliphatic carbocycles. The van der Waals surface area contributed by atoms with E-state index in [0.717, 1.165) is 10.2 Å². The molecule has 0 amide bonds. The van der Waals surface area contributed by atoms with Crippen LogP contribution in [0.3, 0.4) is 0 Å². The van der Waals surface area contributed by atoms with Crippen molar-refractivity contribution in [2.45, 2.75) is 0 Å². The van der Waals surface area contributed by atoms with Crippen molar-refractivity contribution in [3.05, 3.63) is 0 Å². The van der Waals surface area contributed by atoms with Crippen molar-refractivity contribution < 1.29 is 13.3 Å². The minimum atomic E-state index is -2.54. The molecule has 0 unspecified atom stereocenters. The molecular weight excluding hydrogens is 164 g/mol. The van der Waals surface area contributed by atoms with Crippen LogP contribution in [0, 0.1) is 11.1 Å². The molecule has 0 atom stereocenters. The highest BCUT2D eigenvalue weighted by atomic mass is 28.4. The molecule has 0 bridgehead atoms. The molecule has 0 aliphatic rings. The Morgan fingerprint density at radius 3 is 1.60 bits per heavy atom. The summed E-state index contributed by atoms with van der Waals surface area (Å²) in [6, 6.07) is 0. The van der Waals surface area contributed by atoms with Crippen LogP contribution in [-0.4, -0.2) is 40.4 Å². The minimum absolute atomic E-state index is 0.817. The second-order valence-corrected chi connectivity index (χ2v) is 4.63. The lowest BCUT2D eigenvalue weighted by Crippen LogP contribution is -2.41. The van der Waals surface area contributed by atoms with E-state index < -0.39 is 8.80 Å². The number of hydrogen-bond acceptors (Lipinski definition) is 3. The van der Waals surface area contributed by atoms with Gasteiger partial charge in [-0.25, -0.2) is 0 Å². The van der Waals surface area contributed by atoms with E-state index in [2.05, 4.69) is 11.1 Å². The average Bonchev–Trinajstić information content (AvgIpc) is 2.01. The van der Waals surface area contributed by atoms with E-state index in [-0.39, 0.29) is 0 Å². The van der Waals surface area contributed by atoms with Crippen molar-refractivity contribution in [3.8, 4) is 11.1 Å². The predicted molar refractivity (Wildman–Crippen MR) is 44.5 cm³/mol. The Balaban J connectivity index is 4.25. The van der Waals surface area contributed by atoms with Crippen LogP contribution in [-0.2, 0) is 13.3 Å². The first-order chi connectivity index (χ1) is 4.74. The lowest BCUT2D eigenvalue weighted by molar-refractivity contribution is 0.142. The van der Waals surface area contributed by atoms with E-state index in [1.807, 2.05) is 0 Å². The molecule has 0 rings (SSSR count). The summed E-state index contributed by atoms with van der Waals surface area (Å²) in [5, 5.41) is 0. The summed E-state index contributed by atoms with van der Waals surface area (Å²) in [5.74, 6) is 0. The molecule has 0 saturated heterocycles. The summed E-state index contributed by atoms with van der Waals surface area (Å²) in [7, 11) is 2.91. The minimum Gasteiger partial charge on any atom is -0.367 e. The first-order valence-electron chi connectivity index (χ1n) is 2.84. The molecule has 5 heteroatoms. The van der Waals surface area contributed by atoms with Gasteiger partial charge in [-0.2, -0.15) is 0 Å². The Morgan fingerprint density at radius 2 is 1.50 bits per heavy atom. The normalized spacial score (nSPS) is 10.7. The van der Waals surface area contributed by atoms with E-state index >= 15 is 0 Å². The lowest BCUT2D eigenvalue weighted by Gasteiger charge is -2.17. The molecular formula is C5H12O3Si2. The molecule has 0 aromatic heterocycles. The van der Waals surface area contributed by atoms with E-state index in [4.69, 9.17) is 13.3 Å². The lowest BCUT2D eigenvalue weighted by atomic mass is 11.4. The van der Waals surface area contributed by atoms with Crippen molar-refractivity contribution in [2.24, 2.45) is 0 Å². The fourth-order valence-corrected chi connectivity index (χ4v) is 2.59. The third-order valence-corrected chi connectivity index (χ3v) is 4.00.